The fourth-order valence-corrected chi connectivity index (χ4v) is 3.39. The SMILES string of the molecule is N/N=C\N(N)CC(c1ccc(F)cc1F)C(F)(F)c1ccc(OCc2ccc(OCC(F)(F)F)cc2)cn1. The van der Waals surface area contributed by atoms with Gasteiger partial charge in [0.2, 0.25) is 0 Å². The lowest BCUT2D eigenvalue weighted by molar-refractivity contribution is -0.153. The summed E-state index contributed by atoms with van der Waals surface area (Å²) in [5, 5.41) is 3.88. The normalized spacial score (nSPS) is 12.9. The number of hydrogen-bond acceptors (Lipinski definition) is 6. The molecule has 0 saturated heterocycles. The number of nitrogens with zero attached hydrogens (tertiary/aromatic N) is 3. The van der Waals surface area contributed by atoms with Crippen LogP contribution in [0.1, 0.15) is 22.7 Å². The van der Waals surface area contributed by atoms with Gasteiger partial charge in [0.15, 0.2) is 6.61 Å². The summed E-state index contributed by atoms with van der Waals surface area (Å²) in [7, 11) is 0. The second-order valence-electron chi connectivity index (χ2n) is 8.02. The molecule has 3 aromatic rings. The van der Waals surface area contributed by atoms with Gasteiger partial charge in [-0.1, -0.05) is 18.2 Å². The summed E-state index contributed by atoms with van der Waals surface area (Å²) in [6.07, 6.45) is -2.57. The zero-order chi connectivity index (χ0) is 27.9. The number of hydrazine groups is 1. The van der Waals surface area contributed by atoms with Crippen LogP contribution in [0.3, 0.4) is 0 Å². The summed E-state index contributed by atoms with van der Waals surface area (Å²) in [6.45, 7) is -2.11. The van der Waals surface area contributed by atoms with Gasteiger partial charge in [0.25, 0.3) is 5.92 Å². The zero-order valence-electron chi connectivity index (χ0n) is 19.5. The second-order valence-corrected chi connectivity index (χ2v) is 8.02. The molecule has 0 amide bonds. The van der Waals surface area contributed by atoms with E-state index in [0.717, 1.165) is 35.7 Å². The van der Waals surface area contributed by atoms with E-state index in [1.165, 1.54) is 30.3 Å². The van der Waals surface area contributed by atoms with E-state index >= 15 is 8.78 Å². The van der Waals surface area contributed by atoms with Crippen molar-refractivity contribution in [1.82, 2.24) is 9.99 Å². The van der Waals surface area contributed by atoms with Crippen LogP contribution in [0.5, 0.6) is 11.5 Å². The maximum Gasteiger partial charge on any atom is 0.422 e. The molecular weight excluding hydrogens is 523 g/mol. The fourth-order valence-electron chi connectivity index (χ4n) is 3.39. The second kappa shape index (κ2) is 12.0. The molecule has 3 rings (SSSR count). The van der Waals surface area contributed by atoms with Gasteiger partial charge in [-0.05, 0) is 41.5 Å². The number of rotatable bonds is 11. The first-order valence-electron chi connectivity index (χ1n) is 10.8. The smallest absolute Gasteiger partial charge is 0.422 e. The predicted molar refractivity (Wildman–Crippen MR) is 123 cm³/mol. The first-order valence-corrected chi connectivity index (χ1v) is 10.8. The van der Waals surface area contributed by atoms with E-state index in [-0.39, 0.29) is 18.1 Å². The van der Waals surface area contributed by atoms with Crippen LogP contribution in [0.4, 0.5) is 30.7 Å². The van der Waals surface area contributed by atoms with E-state index in [0.29, 0.717) is 11.6 Å². The summed E-state index contributed by atoms with van der Waals surface area (Å²) in [5.41, 5.74) is -0.667. The van der Waals surface area contributed by atoms with Gasteiger partial charge >= 0.3 is 6.18 Å². The standard InChI is InChI=1S/C24H22F7N5O2/c25-16-3-7-19(21(26)9-16)20(11-36(33)14-35-32)24(30,31)22-8-6-18(10-34-22)37-12-15-1-4-17(5-2-15)38-13-23(27,28)29/h1-10,14,20H,11-13,32-33H2/b35-14-. The molecule has 0 aliphatic rings. The van der Waals surface area contributed by atoms with E-state index in [4.69, 9.17) is 16.4 Å². The third kappa shape index (κ3) is 7.71. The van der Waals surface area contributed by atoms with Gasteiger partial charge in [0.05, 0.1) is 12.1 Å². The Balaban J connectivity index is 1.72. The lowest BCUT2D eigenvalue weighted by atomic mass is 9.89. The lowest BCUT2D eigenvalue weighted by Crippen LogP contribution is -2.40. The van der Waals surface area contributed by atoms with E-state index in [1.54, 1.807) is 0 Å². The minimum absolute atomic E-state index is 0.0141. The highest BCUT2D eigenvalue weighted by molar-refractivity contribution is 5.53. The van der Waals surface area contributed by atoms with Crippen LogP contribution >= 0.6 is 0 Å². The van der Waals surface area contributed by atoms with Crippen molar-refractivity contribution in [3.63, 3.8) is 0 Å². The molecule has 0 radical (unpaired) electrons. The molecule has 2 aromatic carbocycles. The highest BCUT2D eigenvalue weighted by Crippen LogP contribution is 2.42. The van der Waals surface area contributed by atoms with Crippen molar-refractivity contribution in [1.29, 1.82) is 0 Å². The molecule has 38 heavy (non-hydrogen) atoms. The van der Waals surface area contributed by atoms with E-state index in [1.807, 2.05) is 0 Å². The fraction of sp³-hybridized carbons (Fsp3) is 0.250. The molecule has 1 heterocycles. The van der Waals surface area contributed by atoms with Crippen LogP contribution in [0, 0.1) is 11.6 Å². The monoisotopic (exact) mass is 545 g/mol. The quantitative estimate of drug-likeness (QED) is 0.118. The Bertz CT molecular complexity index is 1220. The molecule has 204 valence electrons. The average molecular weight is 545 g/mol. The van der Waals surface area contributed by atoms with Crippen LogP contribution in [-0.4, -0.2) is 35.7 Å². The van der Waals surface area contributed by atoms with Gasteiger partial charge in [0, 0.05) is 12.6 Å². The number of pyridine rings is 1. The summed E-state index contributed by atoms with van der Waals surface area (Å²) in [4.78, 5) is 3.76. The molecule has 7 nitrogen and oxygen atoms in total. The minimum Gasteiger partial charge on any atom is -0.487 e. The van der Waals surface area contributed by atoms with Crippen molar-refractivity contribution in [2.24, 2.45) is 16.8 Å². The molecule has 0 aliphatic carbocycles. The Hall–Kier alpha value is -4.07. The molecule has 4 N–H and O–H groups in total. The van der Waals surface area contributed by atoms with Crippen molar-refractivity contribution < 1.29 is 40.2 Å². The number of hydrazone groups is 1. The molecule has 14 heteroatoms. The molecule has 1 atom stereocenters. The Morgan fingerprint density at radius 3 is 2.21 bits per heavy atom. The number of aromatic nitrogens is 1. The lowest BCUT2D eigenvalue weighted by Gasteiger charge is -2.29. The van der Waals surface area contributed by atoms with Crippen LogP contribution in [0.25, 0.3) is 0 Å². The third-order valence-electron chi connectivity index (χ3n) is 5.19. The van der Waals surface area contributed by atoms with E-state index in [2.05, 4.69) is 14.8 Å². The van der Waals surface area contributed by atoms with Crippen LogP contribution in [-0.2, 0) is 12.5 Å². The van der Waals surface area contributed by atoms with Gasteiger partial charge in [-0.3, -0.25) is 9.99 Å². The summed E-state index contributed by atoms with van der Waals surface area (Å²) >= 11 is 0. The largest absolute Gasteiger partial charge is 0.487 e. The van der Waals surface area contributed by atoms with Gasteiger partial charge < -0.3 is 15.3 Å². The molecule has 0 fully saturated rings. The maximum absolute atomic E-state index is 15.5. The van der Waals surface area contributed by atoms with Crippen molar-refractivity contribution in [2.45, 2.75) is 24.6 Å². The van der Waals surface area contributed by atoms with Crippen molar-refractivity contribution in [3.05, 3.63) is 89.2 Å². The summed E-state index contributed by atoms with van der Waals surface area (Å²) in [5.74, 6) is 2.94. The Morgan fingerprint density at radius 1 is 0.947 bits per heavy atom. The average Bonchev–Trinajstić information content (AvgIpc) is 2.86. The van der Waals surface area contributed by atoms with Crippen molar-refractivity contribution in [2.75, 3.05) is 13.2 Å². The first-order chi connectivity index (χ1) is 17.9. The van der Waals surface area contributed by atoms with Crippen LogP contribution < -0.4 is 21.2 Å². The number of nitrogens with two attached hydrogens (primary N) is 2. The number of benzene rings is 2. The van der Waals surface area contributed by atoms with Crippen LogP contribution in [0.15, 0.2) is 65.9 Å². The van der Waals surface area contributed by atoms with Crippen molar-refractivity contribution >= 4 is 6.34 Å². The molecule has 1 aromatic heterocycles. The highest BCUT2D eigenvalue weighted by atomic mass is 19.4. The van der Waals surface area contributed by atoms with Gasteiger partial charge in [-0.15, -0.1) is 0 Å². The third-order valence-corrected chi connectivity index (χ3v) is 5.19. The zero-order valence-corrected chi connectivity index (χ0v) is 19.5. The molecule has 0 aliphatic heterocycles. The molecular formula is C24H22F7N5O2. The summed E-state index contributed by atoms with van der Waals surface area (Å²) < 4.78 is 106. The van der Waals surface area contributed by atoms with Gasteiger partial charge in [-0.2, -0.15) is 27.1 Å². The van der Waals surface area contributed by atoms with Gasteiger partial charge in [0.1, 0.15) is 41.8 Å². The molecule has 0 bridgehead atoms. The number of halogens is 7. The van der Waals surface area contributed by atoms with Gasteiger partial charge in [-0.25, -0.2) is 14.6 Å². The topological polar surface area (TPSA) is 99.0 Å². The van der Waals surface area contributed by atoms with E-state index in [9.17, 15) is 22.0 Å². The Kier molecular flexibility index (Phi) is 8.99. The maximum atomic E-state index is 15.5. The highest BCUT2D eigenvalue weighted by Gasteiger charge is 2.45. The van der Waals surface area contributed by atoms with Crippen LogP contribution in [0.2, 0.25) is 0 Å². The number of hydrogen-bond donors (Lipinski definition) is 2. The molecule has 0 saturated carbocycles. The van der Waals surface area contributed by atoms with E-state index < -0.39 is 54.1 Å². The predicted octanol–water partition coefficient (Wildman–Crippen LogP) is 4.83. The first kappa shape index (κ1) is 28.5. The summed E-state index contributed by atoms with van der Waals surface area (Å²) in [6, 6.07) is 10.0. The number of ether oxygens (including phenoxy) is 2. The Morgan fingerprint density at radius 2 is 1.63 bits per heavy atom. The molecule has 1 unspecified atom stereocenters. The van der Waals surface area contributed by atoms with Crippen molar-refractivity contribution in [3.8, 4) is 11.5 Å². The number of alkyl halides is 5. The Labute approximate surface area is 212 Å². The molecule has 0 spiro atoms. The minimum atomic E-state index is -4.46.